The number of benzene rings is 1. The van der Waals surface area contributed by atoms with E-state index in [9.17, 15) is 9.59 Å². The molecule has 3 rings (SSSR count). The van der Waals surface area contributed by atoms with Crippen molar-refractivity contribution < 1.29 is 18.7 Å². The molecule has 2 aromatic heterocycles. The summed E-state index contributed by atoms with van der Waals surface area (Å²) in [6, 6.07) is 14.2. The van der Waals surface area contributed by atoms with Gasteiger partial charge in [0, 0.05) is 42.7 Å². The Bertz CT molecular complexity index is 895. The second-order valence-corrected chi connectivity index (χ2v) is 6.06. The highest BCUT2D eigenvalue weighted by atomic mass is 16.5. The highest BCUT2D eigenvalue weighted by molar-refractivity contribution is 5.92. The molecule has 2 amide bonds. The van der Waals surface area contributed by atoms with Gasteiger partial charge < -0.3 is 19.8 Å². The summed E-state index contributed by atoms with van der Waals surface area (Å²) in [6.45, 7) is 0.793. The van der Waals surface area contributed by atoms with E-state index in [1.165, 1.54) is 6.26 Å². The zero-order chi connectivity index (χ0) is 19.6. The monoisotopic (exact) mass is 379 g/mol. The largest absolute Gasteiger partial charge is 0.489 e. The fourth-order valence-corrected chi connectivity index (χ4v) is 2.48. The van der Waals surface area contributed by atoms with Crippen molar-refractivity contribution in [2.75, 3.05) is 11.9 Å². The van der Waals surface area contributed by atoms with Crippen LogP contribution >= 0.6 is 0 Å². The maximum absolute atomic E-state index is 12.1. The van der Waals surface area contributed by atoms with E-state index < -0.39 is 0 Å². The lowest BCUT2D eigenvalue weighted by Crippen LogP contribution is -2.25. The smallest absolute Gasteiger partial charge is 0.286 e. The first kappa shape index (κ1) is 19.2. The molecular weight excluding hydrogens is 358 g/mol. The zero-order valence-electron chi connectivity index (χ0n) is 15.3. The van der Waals surface area contributed by atoms with Gasteiger partial charge in [-0.2, -0.15) is 0 Å². The quantitative estimate of drug-likeness (QED) is 0.556. The van der Waals surface area contributed by atoms with Crippen molar-refractivity contribution in [2.45, 2.75) is 19.4 Å². The summed E-state index contributed by atoms with van der Waals surface area (Å²) in [5.41, 5.74) is 1.63. The van der Waals surface area contributed by atoms with Gasteiger partial charge in [0.05, 0.1) is 6.26 Å². The first-order valence-electron chi connectivity index (χ1n) is 8.94. The molecule has 0 bridgehead atoms. The number of pyridine rings is 1. The lowest BCUT2D eigenvalue weighted by molar-refractivity contribution is -0.116. The molecule has 1 aromatic carbocycles. The van der Waals surface area contributed by atoms with Gasteiger partial charge in [-0.15, -0.1) is 0 Å². The first-order valence-corrected chi connectivity index (χ1v) is 8.94. The lowest BCUT2D eigenvalue weighted by atomic mass is 10.2. The van der Waals surface area contributed by atoms with Crippen LogP contribution in [0.5, 0.6) is 5.75 Å². The summed E-state index contributed by atoms with van der Waals surface area (Å²) < 4.78 is 10.7. The predicted octanol–water partition coefficient (Wildman–Crippen LogP) is 3.40. The Morgan fingerprint density at radius 1 is 1.11 bits per heavy atom. The molecular formula is C21H21N3O4. The van der Waals surface area contributed by atoms with Crippen LogP contribution in [0.25, 0.3) is 0 Å². The second kappa shape index (κ2) is 9.91. The molecule has 0 saturated carbocycles. The maximum Gasteiger partial charge on any atom is 0.286 e. The number of nitrogens with one attached hydrogen (secondary N) is 2. The average Bonchev–Trinajstić information content (AvgIpc) is 3.26. The van der Waals surface area contributed by atoms with Crippen molar-refractivity contribution in [1.82, 2.24) is 10.3 Å². The van der Waals surface area contributed by atoms with Crippen molar-refractivity contribution in [3.8, 4) is 5.75 Å². The molecule has 0 aliphatic carbocycles. The van der Waals surface area contributed by atoms with Gasteiger partial charge >= 0.3 is 0 Å². The highest BCUT2D eigenvalue weighted by Crippen LogP contribution is 2.18. The van der Waals surface area contributed by atoms with Crippen molar-refractivity contribution in [2.24, 2.45) is 0 Å². The molecule has 144 valence electrons. The molecule has 0 aliphatic heterocycles. The van der Waals surface area contributed by atoms with E-state index in [1.807, 2.05) is 24.3 Å². The summed E-state index contributed by atoms with van der Waals surface area (Å²) >= 11 is 0. The van der Waals surface area contributed by atoms with Crippen LogP contribution in [0.2, 0.25) is 0 Å². The average molecular weight is 379 g/mol. The Hall–Kier alpha value is -3.61. The minimum Gasteiger partial charge on any atom is -0.489 e. The van der Waals surface area contributed by atoms with Crippen LogP contribution in [0, 0.1) is 0 Å². The molecule has 0 atom stereocenters. The van der Waals surface area contributed by atoms with E-state index in [-0.39, 0.29) is 17.6 Å². The normalized spacial score (nSPS) is 10.3. The number of nitrogens with zero attached hydrogens (tertiary/aromatic N) is 1. The van der Waals surface area contributed by atoms with Crippen molar-refractivity contribution in [3.05, 3.63) is 78.5 Å². The number of anilines is 1. The van der Waals surface area contributed by atoms with Crippen LogP contribution in [0.1, 0.15) is 29.0 Å². The van der Waals surface area contributed by atoms with Gasteiger partial charge in [0.25, 0.3) is 5.91 Å². The Balaban J connectivity index is 1.39. The van der Waals surface area contributed by atoms with Gasteiger partial charge in [0.2, 0.25) is 5.91 Å². The maximum atomic E-state index is 12.1. The first-order chi connectivity index (χ1) is 13.7. The number of rotatable bonds is 9. The Kier molecular flexibility index (Phi) is 6.78. The molecule has 0 unspecified atom stereocenters. The molecule has 7 heteroatoms. The molecule has 0 radical (unpaired) electrons. The zero-order valence-corrected chi connectivity index (χ0v) is 15.3. The molecule has 2 N–H and O–H groups in total. The number of carbonyl (C=O) groups is 2. The van der Waals surface area contributed by atoms with Gasteiger partial charge in [-0.05, 0) is 36.8 Å². The van der Waals surface area contributed by atoms with Crippen molar-refractivity contribution in [3.63, 3.8) is 0 Å². The third kappa shape index (κ3) is 5.98. The van der Waals surface area contributed by atoms with Crippen LogP contribution in [-0.2, 0) is 11.4 Å². The Morgan fingerprint density at radius 3 is 2.82 bits per heavy atom. The molecule has 0 fully saturated rings. The van der Waals surface area contributed by atoms with Crippen LogP contribution in [0.15, 0.2) is 71.6 Å². The van der Waals surface area contributed by atoms with Crippen molar-refractivity contribution in [1.29, 1.82) is 0 Å². The van der Waals surface area contributed by atoms with Gasteiger partial charge in [-0.3, -0.25) is 14.6 Å². The summed E-state index contributed by atoms with van der Waals surface area (Å²) in [4.78, 5) is 27.9. The number of amides is 2. The number of aromatic nitrogens is 1. The van der Waals surface area contributed by atoms with Crippen LogP contribution < -0.4 is 15.4 Å². The van der Waals surface area contributed by atoms with Crippen LogP contribution in [-0.4, -0.2) is 23.3 Å². The highest BCUT2D eigenvalue weighted by Gasteiger charge is 2.08. The fourth-order valence-electron chi connectivity index (χ4n) is 2.48. The lowest BCUT2D eigenvalue weighted by Gasteiger charge is -2.09. The van der Waals surface area contributed by atoms with E-state index in [4.69, 9.17) is 9.15 Å². The number of carbonyl (C=O) groups excluding carboxylic acids is 2. The summed E-state index contributed by atoms with van der Waals surface area (Å²) in [7, 11) is 0. The van der Waals surface area contributed by atoms with Gasteiger partial charge in [0.1, 0.15) is 12.4 Å². The van der Waals surface area contributed by atoms with Crippen LogP contribution in [0.4, 0.5) is 5.69 Å². The number of furan rings is 1. The van der Waals surface area contributed by atoms with Crippen LogP contribution in [0.3, 0.4) is 0 Å². The van der Waals surface area contributed by atoms with E-state index in [0.29, 0.717) is 37.4 Å². The van der Waals surface area contributed by atoms with Crippen molar-refractivity contribution >= 4 is 17.5 Å². The minimum absolute atomic E-state index is 0.128. The predicted molar refractivity (Wildman–Crippen MR) is 104 cm³/mol. The third-order valence-corrected chi connectivity index (χ3v) is 3.86. The molecule has 3 aromatic rings. The molecule has 0 spiro atoms. The van der Waals surface area contributed by atoms with Gasteiger partial charge in [-0.1, -0.05) is 12.1 Å². The summed E-state index contributed by atoms with van der Waals surface area (Å²) in [6.07, 6.45) is 5.71. The SMILES string of the molecule is O=C(CCCNC(=O)c1ccco1)Nc1cccc(OCc2cccnc2)c1. The number of ether oxygens (including phenoxy) is 1. The second-order valence-electron chi connectivity index (χ2n) is 6.06. The standard InChI is InChI=1S/C21H21N3O4/c25-20(9-3-11-23-21(26)19-8-4-12-27-19)24-17-6-1-7-18(13-17)28-15-16-5-2-10-22-14-16/h1-2,4-8,10,12-14H,3,9,11,15H2,(H,23,26)(H,24,25). The summed E-state index contributed by atoms with van der Waals surface area (Å²) in [5, 5.41) is 5.54. The fraction of sp³-hybridized carbons (Fsp3) is 0.190. The summed E-state index contributed by atoms with van der Waals surface area (Å²) in [5.74, 6) is 0.500. The molecule has 0 aliphatic rings. The third-order valence-electron chi connectivity index (χ3n) is 3.86. The van der Waals surface area contributed by atoms with E-state index >= 15 is 0 Å². The molecule has 28 heavy (non-hydrogen) atoms. The van der Waals surface area contributed by atoms with Gasteiger partial charge in [0.15, 0.2) is 5.76 Å². The van der Waals surface area contributed by atoms with Gasteiger partial charge in [-0.25, -0.2) is 0 Å². The molecule has 0 saturated heterocycles. The molecule has 2 heterocycles. The van der Waals surface area contributed by atoms with E-state index in [0.717, 1.165) is 5.56 Å². The Morgan fingerprint density at radius 2 is 2.04 bits per heavy atom. The molecule has 7 nitrogen and oxygen atoms in total. The van der Waals surface area contributed by atoms with E-state index in [1.54, 1.807) is 36.7 Å². The number of hydrogen-bond donors (Lipinski definition) is 2. The topological polar surface area (TPSA) is 93.5 Å². The minimum atomic E-state index is -0.288. The Labute approximate surface area is 162 Å². The number of hydrogen-bond acceptors (Lipinski definition) is 5. The van der Waals surface area contributed by atoms with E-state index in [2.05, 4.69) is 15.6 Å².